The molecule has 1 aromatic carbocycles. The third-order valence-electron chi connectivity index (χ3n) is 6.53. The third-order valence-corrected chi connectivity index (χ3v) is 6.76. The fourth-order valence-corrected chi connectivity index (χ4v) is 5.09. The first kappa shape index (κ1) is 23.1. The fourth-order valence-electron chi connectivity index (χ4n) is 4.95. The van der Waals surface area contributed by atoms with E-state index in [2.05, 4.69) is 5.32 Å². The van der Waals surface area contributed by atoms with Crippen LogP contribution >= 0.6 is 11.6 Å². The molecular weight excluding hydrogens is 403 g/mol. The molecule has 30 heavy (non-hydrogen) atoms. The summed E-state index contributed by atoms with van der Waals surface area (Å²) in [7, 11) is 0. The van der Waals surface area contributed by atoms with Crippen LogP contribution in [0.3, 0.4) is 0 Å². The monoisotopic (exact) mass is 436 g/mol. The molecule has 1 N–H and O–H groups in total. The standard InChI is InChI=1S/C24H34ClFN2O2/c25-17-22(29)28(21-11-7-2-1-3-8-12-21)23(18-13-15-19(26)16-14-18)24(30)27-20-9-5-4-6-10-20/h13-16,20-21,23H,1-12,17H2,(H,27,30)/t23-/m0/s1. The quantitative estimate of drug-likeness (QED) is 0.599. The summed E-state index contributed by atoms with van der Waals surface area (Å²) in [5.41, 5.74) is 0.644. The Labute approximate surface area is 184 Å². The first-order chi connectivity index (χ1) is 14.6. The molecule has 1 atom stereocenters. The van der Waals surface area contributed by atoms with E-state index >= 15 is 0 Å². The number of hydrogen-bond acceptors (Lipinski definition) is 2. The fraction of sp³-hybridized carbons (Fsp3) is 0.667. The van der Waals surface area contributed by atoms with E-state index < -0.39 is 6.04 Å². The number of hydrogen-bond donors (Lipinski definition) is 1. The molecular formula is C24H34ClFN2O2. The number of halogens is 2. The molecule has 1 aromatic rings. The van der Waals surface area contributed by atoms with Crippen LogP contribution in [0.15, 0.2) is 24.3 Å². The average molecular weight is 437 g/mol. The van der Waals surface area contributed by atoms with Crippen LogP contribution in [0.25, 0.3) is 0 Å². The summed E-state index contributed by atoms with van der Waals surface area (Å²) in [6.45, 7) is 0. The number of nitrogens with one attached hydrogen (secondary N) is 1. The van der Waals surface area contributed by atoms with Gasteiger partial charge in [0.05, 0.1) is 0 Å². The lowest BCUT2D eigenvalue weighted by molar-refractivity contribution is -0.142. The van der Waals surface area contributed by atoms with Crippen LogP contribution in [0.5, 0.6) is 0 Å². The molecule has 0 bridgehead atoms. The van der Waals surface area contributed by atoms with Crippen molar-refractivity contribution in [3.8, 4) is 0 Å². The summed E-state index contributed by atoms with van der Waals surface area (Å²) in [5, 5.41) is 3.19. The van der Waals surface area contributed by atoms with Gasteiger partial charge in [-0.1, -0.05) is 63.5 Å². The van der Waals surface area contributed by atoms with E-state index in [0.717, 1.165) is 64.2 Å². The van der Waals surface area contributed by atoms with Crippen molar-refractivity contribution >= 4 is 23.4 Å². The zero-order valence-corrected chi connectivity index (χ0v) is 18.5. The molecule has 2 aliphatic rings. The van der Waals surface area contributed by atoms with E-state index in [0.29, 0.717) is 5.56 Å². The predicted octanol–water partition coefficient (Wildman–Crippen LogP) is 5.50. The number of carbonyl (C=O) groups excluding carboxylic acids is 2. The van der Waals surface area contributed by atoms with Crippen molar-refractivity contribution in [2.75, 3.05) is 5.88 Å². The summed E-state index contributed by atoms with van der Waals surface area (Å²) in [6, 6.07) is 5.30. The zero-order valence-electron chi connectivity index (χ0n) is 17.8. The molecule has 6 heteroatoms. The number of alkyl halides is 1. The molecule has 0 radical (unpaired) electrons. The van der Waals surface area contributed by atoms with Crippen molar-refractivity contribution in [2.24, 2.45) is 0 Å². The van der Waals surface area contributed by atoms with E-state index in [4.69, 9.17) is 11.6 Å². The molecule has 0 unspecified atom stereocenters. The van der Waals surface area contributed by atoms with Crippen LogP contribution in [0.4, 0.5) is 4.39 Å². The number of nitrogens with zero attached hydrogens (tertiary/aromatic N) is 1. The van der Waals surface area contributed by atoms with Gasteiger partial charge in [-0.15, -0.1) is 11.6 Å². The minimum Gasteiger partial charge on any atom is -0.351 e. The topological polar surface area (TPSA) is 49.4 Å². The van der Waals surface area contributed by atoms with Crippen LogP contribution in [0.1, 0.15) is 88.7 Å². The van der Waals surface area contributed by atoms with E-state index in [1.807, 2.05) is 0 Å². The Bertz CT molecular complexity index is 683. The first-order valence-electron chi connectivity index (χ1n) is 11.5. The zero-order chi connectivity index (χ0) is 21.3. The first-order valence-corrected chi connectivity index (χ1v) is 12.1. The van der Waals surface area contributed by atoms with E-state index in [9.17, 15) is 14.0 Å². The van der Waals surface area contributed by atoms with Gasteiger partial charge < -0.3 is 10.2 Å². The van der Waals surface area contributed by atoms with Crippen molar-refractivity contribution in [3.63, 3.8) is 0 Å². The highest BCUT2D eigenvalue weighted by molar-refractivity contribution is 6.27. The van der Waals surface area contributed by atoms with Crippen molar-refractivity contribution in [1.29, 1.82) is 0 Å². The van der Waals surface area contributed by atoms with Crippen LogP contribution in [-0.4, -0.2) is 34.7 Å². The van der Waals surface area contributed by atoms with Gasteiger partial charge in [0.1, 0.15) is 17.7 Å². The van der Waals surface area contributed by atoms with Crippen LogP contribution < -0.4 is 5.32 Å². The molecule has 2 fully saturated rings. The van der Waals surface area contributed by atoms with Gasteiger partial charge in [0.2, 0.25) is 11.8 Å². The second kappa shape index (κ2) is 11.7. The lowest BCUT2D eigenvalue weighted by Crippen LogP contribution is -2.51. The van der Waals surface area contributed by atoms with Gasteiger partial charge in [-0.05, 0) is 43.4 Å². The van der Waals surface area contributed by atoms with Crippen LogP contribution in [-0.2, 0) is 9.59 Å². The Balaban J connectivity index is 1.91. The second-order valence-electron chi connectivity index (χ2n) is 8.73. The lowest BCUT2D eigenvalue weighted by atomic mass is 9.92. The number of amides is 2. The molecule has 2 saturated carbocycles. The van der Waals surface area contributed by atoms with Crippen LogP contribution in [0.2, 0.25) is 0 Å². The number of carbonyl (C=O) groups is 2. The SMILES string of the molecule is O=C(NC1CCCCC1)[C@H](c1ccc(F)cc1)N(C(=O)CCl)C1CCCCCCC1. The largest absolute Gasteiger partial charge is 0.351 e. The highest BCUT2D eigenvalue weighted by Gasteiger charge is 2.36. The van der Waals surface area contributed by atoms with Crippen molar-refractivity contribution in [2.45, 2.75) is 95.2 Å². The normalized spacial score (nSPS) is 20.1. The van der Waals surface area contributed by atoms with Gasteiger partial charge in [-0.25, -0.2) is 4.39 Å². The number of benzene rings is 1. The van der Waals surface area contributed by atoms with Gasteiger partial charge >= 0.3 is 0 Å². The molecule has 0 heterocycles. The molecule has 4 nitrogen and oxygen atoms in total. The molecule has 2 aliphatic carbocycles. The average Bonchev–Trinajstić information content (AvgIpc) is 2.73. The summed E-state index contributed by atoms with van der Waals surface area (Å²) in [5.74, 6) is -0.916. The Kier molecular flexibility index (Phi) is 8.98. The van der Waals surface area contributed by atoms with Crippen molar-refractivity contribution in [3.05, 3.63) is 35.6 Å². The van der Waals surface area contributed by atoms with Gasteiger partial charge in [-0.3, -0.25) is 9.59 Å². The maximum atomic E-state index is 13.6. The van der Waals surface area contributed by atoms with E-state index in [1.165, 1.54) is 25.0 Å². The molecule has 166 valence electrons. The Morgan fingerprint density at radius 2 is 1.47 bits per heavy atom. The smallest absolute Gasteiger partial charge is 0.247 e. The van der Waals surface area contributed by atoms with E-state index in [-0.39, 0.29) is 35.6 Å². The third kappa shape index (κ3) is 6.19. The molecule has 0 spiro atoms. The maximum absolute atomic E-state index is 13.6. The summed E-state index contributed by atoms with van der Waals surface area (Å²) < 4.78 is 13.6. The van der Waals surface area contributed by atoms with Gasteiger partial charge in [0.25, 0.3) is 0 Å². The van der Waals surface area contributed by atoms with Crippen molar-refractivity contribution in [1.82, 2.24) is 10.2 Å². The summed E-state index contributed by atoms with van der Waals surface area (Å²) >= 11 is 6.01. The molecule has 0 aliphatic heterocycles. The predicted molar refractivity (Wildman–Crippen MR) is 118 cm³/mol. The molecule has 2 amide bonds. The second-order valence-corrected chi connectivity index (χ2v) is 9.00. The van der Waals surface area contributed by atoms with Gasteiger partial charge in [0, 0.05) is 12.1 Å². The summed E-state index contributed by atoms with van der Waals surface area (Å²) in [6.07, 6.45) is 12.7. The molecule has 0 saturated heterocycles. The summed E-state index contributed by atoms with van der Waals surface area (Å²) in [4.78, 5) is 28.3. The highest BCUT2D eigenvalue weighted by Crippen LogP contribution is 2.31. The van der Waals surface area contributed by atoms with Crippen LogP contribution in [0, 0.1) is 5.82 Å². The molecule has 3 rings (SSSR count). The number of rotatable bonds is 6. The van der Waals surface area contributed by atoms with Gasteiger partial charge in [-0.2, -0.15) is 0 Å². The Hall–Kier alpha value is -1.62. The maximum Gasteiger partial charge on any atom is 0.247 e. The van der Waals surface area contributed by atoms with Crippen molar-refractivity contribution < 1.29 is 14.0 Å². The van der Waals surface area contributed by atoms with E-state index in [1.54, 1.807) is 17.0 Å². The molecule has 0 aromatic heterocycles. The van der Waals surface area contributed by atoms with Gasteiger partial charge in [0.15, 0.2) is 0 Å². The minimum absolute atomic E-state index is 0.0243. The Morgan fingerprint density at radius 1 is 0.933 bits per heavy atom. The lowest BCUT2D eigenvalue weighted by Gasteiger charge is -2.39. The Morgan fingerprint density at radius 3 is 2.07 bits per heavy atom. The minimum atomic E-state index is -0.775. The highest BCUT2D eigenvalue weighted by atomic mass is 35.5.